The maximum Gasteiger partial charge on any atom is 0.276 e. The number of amides is 2. The lowest BCUT2D eigenvalue weighted by atomic mass is 10.3. The molecular formula is C17H21N5O2S2. The molecule has 2 amide bonds. The molecule has 3 rings (SSSR count). The number of nitrogens with zero attached hydrogens (tertiary/aromatic N) is 4. The molecule has 138 valence electrons. The number of thioether (sulfide) groups is 1. The van der Waals surface area contributed by atoms with E-state index in [2.05, 4.69) is 15.6 Å². The first-order valence-electron chi connectivity index (χ1n) is 8.49. The van der Waals surface area contributed by atoms with Gasteiger partial charge in [0.15, 0.2) is 5.69 Å². The Hall–Kier alpha value is -2.13. The smallest absolute Gasteiger partial charge is 0.276 e. The minimum atomic E-state index is -0.115. The third kappa shape index (κ3) is 5.43. The van der Waals surface area contributed by atoms with Crippen molar-refractivity contribution in [3.05, 3.63) is 40.4 Å². The van der Waals surface area contributed by atoms with Gasteiger partial charge in [0.25, 0.3) is 5.91 Å². The summed E-state index contributed by atoms with van der Waals surface area (Å²) in [7, 11) is 0. The highest BCUT2D eigenvalue weighted by Gasteiger charge is 2.20. The second-order valence-electron chi connectivity index (χ2n) is 5.76. The number of carbonyl (C=O) groups is 2. The lowest BCUT2D eigenvalue weighted by Gasteiger charge is -2.25. The van der Waals surface area contributed by atoms with Crippen LogP contribution >= 0.6 is 23.1 Å². The summed E-state index contributed by atoms with van der Waals surface area (Å²) in [5, 5.41) is 12.8. The molecule has 1 aliphatic rings. The SMILES string of the molecule is O=C(/C=C/c1cccs1)NCCCn1cc(C(=O)N2CCSCC2)nn1. The minimum Gasteiger partial charge on any atom is -0.352 e. The normalized spacial score (nSPS) is 14.7. The van der Waals surface area contributed by atoms with E-state index in [9.17, 15) is 9.59 Å². The summed E-state index contributed by atoms with van der Waals surface area (Å²) in [5.74, 6) is 1.78. The Bertz CT molecular complexity index is 751. The molecule has 2 aromatic heterocycles. The van der Waals surface area contributed by atoms with E-state index in [1.165, 1.54) is 6.08 Å². The highest BCUT2D eigenvalue weighted by atomic mass is 32.2. The standard InChI is InChI=1S/C17H21N5O2S2/c23-16(5-4-14-3-1-10-26-14)18-6-2-7-22-13-15(19-20-22)17(24)21-8-11-25-12-9-21/h1,3-5,10,13H,2,6-9,11-12H2,(H,18,23)/b5-4+. The molecule has 1 saturated heterocycles. The third-order valence-corrected chi connectivity index (χ3v) is 5.64. The van der Waals surface area contributed by atoms with Crippen molar-refractivity contribution in [3.8, 4) is 0 Å². The molecule has 0 radical (unpaired) electrons. The monoisotopic (exact) mass is 391 g/mol. The number of rotatable bonds is 7. The van der Waals surface area contributed by atoms with Crippen LogP contribution in [0.5, 0.6) is 0 Å². The lowest BCUT2D eigenvalue weighted by Crippen LogP contribution is -2.38. The van der Waals surface area contributed by atoms with Crippen LogP contribution in [0.25, 0.3) is 6.08 Å². The van der Waals surface area contributed by atoms with Crippen LogP contribution in [-0.4, -0.2) is 62.8 Å². The van der Waals surface area contributed by atoms with Gasteiger partial charge in [-0.2, -0.15) is 11.8 Å². The van der Waals surface area contributed by atoms with E-state index in [1.54, 1.807) is 28.3 Å². The van der Waals surface area contributed by atoms with Crippen LogP contribution in [0.3, 0.4) is 0 Å². The molecule has 0 bridgehead atoms. The van der Waals surface area contributed by atoms with E-state index in [0.717, 1.165) is 35.9 Å². The minimum absolute atomic E-state index is 0.0523. The fourth-order valence-electron chi connectivity index (χ4n) is 2.49. The van der Waals surface area contributed by atoms with Crippen molar-refractivity contribution in [2.75, 3.05) is 31.1 Å². The molecule has 26 heavy (non-hydrogen) atoms. The summed E-state index contributed by atoms with van der Waals surface area (Å²) in [5.41, 5.74) is 0.389. The summed E-state index contributed by atoms with van der Waals surface area (Å²) in [6, 6.07) is 3.91. The van der Waals surface area contributed by atoms with Crippen molar-refractivity contribution >= 4 is 41.0 Å². The van der Waals surface area contributed by atoms with Gasteiger partial charge in [-0.1, -0.05) is 11.3 Å². The summed E-state index contributed by atoms with van der Waals surface area (Å²) in [4.78, 5) is 26.9. The quantitative estimate of drug-likeness (QED) is 0.575. The summed E-state index contributed by atoms with van der Waals surface area (Å²) in [6.45, 7) is 2.67. The van der Waals surface area contributed by atoms with Crippen molar-refractivity contribution in [1.82, 2.24) is 25.2 Å². The van der Waals surface area contributed by atoms with Crippen LogP contribution in [-0.2, 0) is 11.3 Å². The van der Waals surface area contributed by atoms with Crippen LogP contribution in [0.2, 0.25) is 0 Å². The Morgan fingerprint density at radius 3 is 2.92 bits per heavy atom. The zero-order chi connectivity index (χ0) is 18.2. The van der Waals surface area contributed by atoms with Gasteiger partial charge in [0.05, 0.1) is 6.20 Å². The van der Waals surface area contributed by atoms with Gasteiger partial charge in [-0.05, 0) is 23.9 Å². The van der Waals surface area contributed by atoms with Gasteiger partial charge in [-0.25, -0.2) is 0 Å². The van der Waals surface area contributed by atoms with Crippen LogP contribution in [0.4, 0.5) is 0 Å². The molecule has 0 atom stereocenters. The first-order valence-corrected chi connectivity index (χ1v) is 10.5. The van der Waals surface area contributed by atoms with Gasteiger partial charge in [0.1, 0.15) is 0 Å². The number of hydrogen-bond acceptors (Lipinski definition) is 6. The predicted octanol–water partition coefficient (Wildman–Crippen LogP) is 1.75. The van der Waals surface area contributed by atoms with Gasteiger partial charge in [-0.3, -0.25) is 14.3 Å². The fraction of sp³-hybridized carbons (Fsp3) is 0.412. The Balaban J connectivity index is 1.38. The molecular weight excluding hydrogens is 370 g/mol. The number of aromatic nitrogens is 3. The zero-order valence-electron chi connectivity index (χ0n) is 14.3. The Kier molecular flexibility index (Phi) is 6.84. The van der Waals surface area contributed by atoms with Crippen molar-refractivity contribution in [2.24, 2.45) is 0 Å². The molecule has 9 heteroatoms. The number of carbonyl (C=O) groups excluding carboxylic acids is 2. The summed E-state index contributed by atoms with van der Waals surface area (Å²) in [6.07, 6.45) is 5.74. The Morgan fingerprint density at radius 2 is 2.15 bits per heavy atom. The predicted molar refractivity (Wildman–Crippen MR) is 104 cm³/mol. The van der Waals surface area contributed by atoms with Gasteiger partial charge in [0.2, 0.25) is 5.91 Å². The molecule has 0 unspecified atom stereocenters. The summed E-state index contributed by atoms with van der Waals surface area (Å²) >= 11 is 3.45. The van der Waals surface area contributed by atoms with E-state index >= 15 is 0 Å². The average Bonchev–Trinajstić information content (AvgIpc) is 3.35. The topological polar surface area (TPSA) is 80.1 Å². The van der Waals surface area contributed by atoms with Crippen molar-refractivity contribution in [3.63, 3.8) is 0 Å². The zero-order valence-corrected chi connectivity index (χ0v) is 16.0. The van der Waals surface area contributed by atoms with Crippen molar-refractivity contribution in [1.29, 1.82) is 0 Å². The lowest BCUT2D eigenvalue weighted by molar-refractivity contribution is -0.116. The second kappa shape index (κ2) is 9.54. The van der Waals surface area contributed by atoms with E-state index in [0.29, 0.717) is 18.8 Å². The van der Waals surface area contributed by atoms with Crippen LogP contribution in [0, 0.1) is 0 Å². The van der Waals surface area contributed by atoms with Crippen LogP contribution in [0.15, 0.2) is 29.8 Å². The highest BCUT2D eigenvalue weighted by Crippen LogP contribution is 2.12. The number of nitrogens with one attached hydrogen (secondary N) is 1. The average molecular weight is 392 g/mol. The second-order valence-corrected chi connectivity index (χ2v) is 7.97. The molecule has 0 spiro atoms. The van der Waals surface area contributed by atoms with Gasteiger partial charge in [0, 0.05) is 48.6 Å². The first-order chi connectivity index (χ1) is 12.7. The van der Waals surface area contributed by atoms with Crippen LogP contribution < -0.4 is 5.32 Å². The number of aryl methyl sites for hydroxylation is 1. The maximum absolute atomic E-state index is 12.3. The molecule has 0 aliphatic carbocycles. The molecule has 1 fully saturated rings. The maximum atomic E-state index is 12.3. The first kappa shape index (κ1) is 18.7. The Labute approximate surface area is 160 Å². The van der Waals surface area contributed by atoms with E-state index in [-0.39, 0.29) is 11.8 Å². The van der Waals surface area contributed by atoms with E-state index in [4.69, 9.17) is 0 Å². The molecule has 0 saturated carbocycles. The fourth-order valence-corrected chi connectivity index (χ4v) is 4.01. The van der Waals surface area contributed by atoms with E-state index < -0.39 is 0 Å². The molecule has 2 aromatic rings. The molecule has 3 heterocycles. The molecule has 1 N–H and O–H groups in total. The molecule has 7 nitrogen and oxygen atoms in total. The van der Waals surface area contributed by atoms with Crippen molar-refractivity contribution in [2.45, 2.75) is 13.0 Å². The number of hydrogen-bond donors (Lipinski definition) is 1. The third-order valence-electron chi connectivity index (χ3n) is 3.86. The van der Waals surface area contributed by atoms with E-state index in [1.807, 2.05) is 34.2 Å². The summed E-state index contributed by atoms with van der Waals surface area (Å²) < 4.78 is 1.65. The van der Waals surface area contributed by atoms with Crippen molar-refractivity contribution < 1.29 is 9.59 Å². The highest BCUT2D eigenvalue weighted by molar-refractivity contribution is 7.99. The van der Waals surface area contributed by atoms with Gasteiger partial charge >= 0.3 is 0 Å². The molecule has 1 aliphatic heterocycles. The Morgan fingerprint density at radius 1 is 1.31 bits per heavy atom. The van der Waals surface area contributed by atoms with Gasteiger partial charge < -0.3 is 10.2 Å². The van der Waals surface area contributed by atoms with Crippen LogP contribution in [0.1, 0.15) is 21.8 Å². The van der Waals surface area contributed by atoms with Gasteiger partial charge in [-0.15, -0.1) is 16.4 Å². The largest absolute Gasteiger partial charge is 0.352 e. The molecule has 0 aromatic carbocycles. The number of thiophene rings is 1.